The molecule has 2 aromatic rings. The van der Waals surface area contributed by atoms with Gasteiger partial charge in [-0.1, -0.05) is 20.8 Å². The third-order valence-electron chi connectivity index (χ3n) is 3.58. The van der Waals surface area contributed by atoms with E-state index >= 15 is 0 Å². The lowest BCUT2D eigenvalue weighted by atomic mass is 9.96. The molecule has 0 fully saturated rings. The lowest BCUT2D eigenvalue weighted by Crippen LogP contribution is -2.37. The highest BCUT2D eigenvalue weighted by atomic mass is 16.5. The fourth-order valence-electron chi connectivity index (χ4n) is 2.07. The van der Waals surface area contributed by atoms with Crippen molar-refractivity contribution in [2.75, 3.05) is 13.7 Å². The average molecular weight is 329 g/mol. The second-order valence-corrected chi connectivity index (χ2v) is 6.54. The molecule has 0 aliphatic rings. The molecule has 1 N–H and O–H groups in total. The Morgan fingerprint density at radius 1 is 1.25 bits per heavy atom. The molecule has 1 amide bonds. The van der Waals surface area contributed by atoms with E-state index in [2.05, 4.69) is 10.3 Å². The van der Waals surface area contributed by atoms with E-state index in [0.29, 0.717) is 18.8 Å². The SMILES string of the molecule is COc1ccc(-c2cc(=O)n(CCNC(=O)C(C)(C)C)cn2)cc1. The molecular weight excluding hydrogens is 306 g/mol. The van der Waals surface area contributed by atoms with E-state index in [0.717, 1.165) is 11.3 Å². The zero-order chi connectivity index (χ0) is 17.7. The Labute approximate surface area is 141 Å². The van der Waals surface area contributed by atoms with Gasteiger partial charge in [0.2, 0.25) is 5.91 Å². The molecule has 0 saturated carbocycles. The van der Waals surface area contributed by atoms with Crippen LogP contribution in [0.4, 0.5) is 0 Å². The molecule has 24 heavy (non-hydrogen) atoms. The van der Waals surface area contributed by atoms with Crippen molar-refractivity contribution >= 4 is 5.91 Å². The number of aromatic nitrogens is 2. The molecule has 0 spiro atoms. The number of carbonyl (C=O) groups excluding carboxylic acids is 1. The van der Waals surface area contributed by atoms with Gasteiger partial charge in [-0.2, -0.15) is 0 Å². The number of ether oxygens (including phenoxy) is 1. The first-order chi connectivity index (χ1) is 11.3. The van der Waals surface area contributed by atoms with Crippen LogP contribution < -0.4 is 15.6 Å². The van der Waals surface area contributed by atoms with E-state index in [1.54, 1.807) is 7.11 Å². The number of rotatable bonds is 5. The fourth-order valence-corrected chi connectivity index (χ4v) is 2.07. The summed E-state index contributed by atoms with van der Waals surface area (Å²) < 4.78 is 6.60. The lowest BCUT2D eigenvalue weighted by Gasteiger charge is -2.17. The average Bonchev–Trinajstić information content (AvgIpc) is 2.55. The van der Waals surface area contributed by atoms with Crippen LogP contribution in [-0.4, -0.2) is 29.1 Å². The topological polar surface area (TPSA) is 73.2 Å². The van der Waals surface area contributed by atoms with Crippen molar-refractivity contribution in [2.45, 2.75) is 27.3 Å². The number of carbonyl (C=O) groups is 1. The molecular formula is C18H23N3O3. The number of hydrogen-bond donors (Lipinski definition) is 1. The molecule has 0 aliphatic carbocycles. The fraction of sp³-hybridized carbons (Fsp3) is 0.389. The maximum atomic E-state index is 12.2. The quantitative estimate of drug-likeness (QED) is 0.911. The van der Waals surface area contributed by atoms with Gasteiger partial charge in [0.15, 0.2) is 0 Å². The molecule has 0 radical (unpaired) electrons. The molecule has 1 aromatic heterocycles. The molecule has 1 heterocycles. The number of amides is 1. The van der Waals surface area contributed by atoms with E-state index in [1.807, 2.05) is 45.0 Å². The molecule has 1 aromatic carbocycles. The minimum absolute atomic E-state index is 0.0432. The van der Waals surface area contributed by atoms with Gasteiger partial charge in [0.25, 0.3) is 5.56 Å². The maximum Gasteiger partial charge on any atom is 0.253 e. The minimum Gasteiger partial charge on any atom is -0.497 e. The summed E-state index contributed by atoms with van der Waals surface area (Å²) in [6, 6.07) is 8.85. The first kappa shape index (κ1) is 17.7. The first-order valence-corrected chi connectivity index (χ1v) is 7.80. The summed E-state index contributed by atoms with van der Waals surface area (Å²) in [5.74, 6) is 0.708. The van der Waals surface area contributed by atoms with Crippen molar-refractivity contribution in [3.8, 4) is 17.0 Å². The molecule has 6 nitrogen and oxygen atoms in total. The summed E-state index contributed by atoms with van der Waals surface area (Å²) in [5, 5.41) is 2.82. The van der Waals surface area contributed by atoms with Gasteiger partial charge in [0.1, 0.15) is 5.75 Å². The predicted octanol–water partition coefficient (Wildman–Crippen LogP) is 2.08. The molecule has 0 unspecified atom stereocenters. The van der Waals surface area contributed by atoms with E-state index in [9.17, 15) is 9.59 Å². The standard InChI is InChI=1S/C18H23N3O3/c1-18(2,3)17(23)19-9-10-21-12-20-15(11-16(21)22)13-5-7-14(24-4)8-6-13/h5-8,11-12H,9-10H2,1-4H3,(H,19,23). The number of nitrogens with one attached hydrogen (secondary N) is 1. The highest BCUT2D eigenvalue weighted by Crippen LogP contribution is 2.19. The van der Waals surface area contributed by atoms with Crippen LogP contribution in [0.1, 0.15) is 20.8 Å². The van der Waals surface area contributed by atoms with Crippen molar-refractivity contribution in [1.82, 2.24) is 14.9 Å². The van der Waals surface area contributed by atoms with Gasteiger partial charge in [-0.25, -0.2) is 4.98 Å². The Kier molecular flexibility index (Phi) is 5.39. The number of nitrogens with zero attached hydrogens (tertiary/aromatic N) is 2. The van der Waals surface area contributed by atoms with Crippen molar-refractivity contribution in [2.24, 2.45) is 5.41 Å². The minimum atomic E-state index is -0.443. The van der Waals surface area contributed by atoms with Gasteiger partial charge in [-0.15, -0.1) is 0 Å². The zero-order valence-electron chi connectivity index (χ0n) is 14.5. The number of benzene rings is 1. The molecule has 128 valence electrons. The molecule has 0 saturated heterocycles. The van der Waals surface area contributed by atoms with Gasteiger partial charge < -0.3 is 10.1 Å². The van der Waals surface area contributed by atoms with Crippen molar-refractivity contribution in [3.05, 3.63) is 47.0 Å². The molecule has 0 atom stereocenters. The van der Waals surface area contributed by atoms with Crippen LogP contribution in [0.5, 0.6) is 5.75 Å². The van der Waals surface area contributed by atoms with Gasteiger partial charge in [-0.05, 0) is 24.3 Å². The first-order valence-electron chi connectivity index (χ1n) is 7.80. The largest absolute Gasteiger partial charge is 0.497 e. The van der Waals surface area contributed by atoms with Gasteiger partial charge in [0, 0.05) is 30.1 Å². The lowest BCUT2D eigenvalue weighted by molar-refractivity contribution is -0.128. The third-order valence-corrected chi connectivity index (χ3v) is 3.58. The maximum absolute atomic E-state index is 12.2. The summed E-state index contributed by atoms with van der Waals surface area (Å²) in [6.07, 6.45) is 1.51. The Balaban J connectivity index is 2.04. The molecule has 6 heteroatoms. The van der Waals surface area contributed by atoms with E-state index in [1.165, 1.54) is 17.0 Å². The smallest absolute Gasteiger partial charge is 0.253 e. The van der Waals surface area contributed by atoms with E-state index in [-0.39, 0.29) is 11.5 Å². The van der Waals surface area contributed by atoms with Crippen molar-refractivity contribution in [3.63, 3.8) is 0 Å². The van der Waals surface area contributed by atoms with Gasteiger partial charge >= 0.3 is 0 Å². The zero-order valence-corrected chi connectivity index (χ0v) is 14.5. The Morgan fingerprint density at radius 2 is 1.92 bits per heavy atom. The van der Waals surface area contributed by atoms with Gasteiger partial charge in [-0.3, -0.25) is 14.2 Å². The van der Waals surface area contributed by atoms with Crippen molar-refractivity contribution in [1.29, 1.82) is 0 Å². The Bertz CT molecular complexity index is 758. The molecule has 0 bridgehead atoms. The van der Waals surface area contributed by atoms with Crippen LogP contribution in [0.2, 0.25) is 0 Å². The summed E-state index contributed by atoms with van der Waals surface area (Å²) in [5.41, 5.74) is 0.862. The predicted molar refractivity (Wildman–Crippen MR) is 92.9 cm³/mol. The van der Waals surface area contributed by atoms with Crippen LogP contribution >= 0.6 is 0 Å². The number of methoxy groups -OCH3 is 1. The van der Waals surface area contributed by atoms with Crippen LogP contribution in [-0.2, 0) is 11.3 Å². The Morgan fingerprint density at radius 3 is 2.46 bits per heavy atom. The molecule has 2 rings (SSSR count). The second-order valence-electron chi connectivity index (χ2n) is 6.54. The normalized spacial score (nSPS) is 11.2. The van der Waals surface area contributed by atoms with E-state index in [4.69, 9.17) is 4.74 Å². The highest BCUT2D eigenvalue weighted by molar-refractivity contribution is 5.81. The summed E-state index contributed by atoms with van der Waals surface area (Å²) >= 11 is 0. The monoisotopic (exact) mass is 329 g/mol. The highest BCUT2D eigenvalue weighted by Gasteiger charge is 2.20. The third kappa shape index (κ3) is 4.44. The van der Waals surface area contributed by atoms with Crippen LogP contribution in [0, 0.1) is 5.41 Å². The van der Waals surface area contributed by atoms with E-state index < -0.39 is 5.41 Å². The summed E-state index contributed by atoms with van der Waals surface area (Å²) in [6.45, 7) is 6.31. The van der Waals surface area contributed by atoms with Crippen molar-refractivity contribution < 1.29 is 9.53 Å². The Hall–Kier alpha value is -2.63. The molecule has 0 aliphatic heterocycles. The van der Waals surface area contributed by atoms with Crippen LogP contribution in [0.3, 0.4) is 0 Å². The van der Waals surface area contributed by atoms with Gasteiger partial charge in [0.05, 0.1) is 19.1 Å². The second kappa shape index (κ2) is 7.29. The summed E-state index contributed by atoms with van der Waals surface area (Å²) in [4.78, 5) is 28.3. The van der Waals surface area contributed by atoms with Crippen LogP contribution in [0.15, 0.2) is 41.5 Å². The summed E-state index contributed by atoms with van der Waals surface area (Å²) in [7, 11) is 1.60. The van der Waals surface area contributed by atoms with Crippen LogP contribution in [0.25, 0.3) is 11.3 Å². The number of hydrogen-bond acceptors (Lipinski definition) is 4.